The number of rotatable bonds is 7. The van der Waals surface area contributed by atoms with E-state index in [-0.39, 0.29) is 17.9 Å². The van der Waals surface area contributed by atoms with E-state index in [2.05, 4.69) is 86.8 Å². The maximum Gasteiger partial charge on any atom is 0.118 e. The largest absolute Gasteiger partial charge is 0.389 e. The van der Waals surface area contributed by atoms with E-state index in [9.17, 15) is 5.11 Å². The quantitative estimate of drug-likeness (QED) is 0.709. The average Bonchev–Trinajstić information content (AvgIpc) is 2.72. The van der Waals surface area contributed by atoms with Crippen molar-refractivity contribution in [2.24, 2.45) is 11.8 Å². The smallest absolute Gasteiger partial charge is 0.118 e. The molecule has 1 aliphatic heterocycles. The predicted molar refractivity (Wildman–Crippen MR) is 112 cm³/mol. The van der Waals surface area contributed by atoms with Gasteiger partial charge in [0, 0.05) is 23.0 Å². The second kappa shape index (κ2) is 9.03. The number of aliphatic hydroxyl groups is 1. The Kier molecular flexibility index (Phi) is 6.73. The van der Waals surface area contributed by atoms with Crippen molar-refractivity contribution in [3.63, 3.8) is 0 Å². The first-order chi connectivity index (χ1) is 13.1. The Labute approximate surface area is 165 Å². The van der Waals surface area contributed by atoms with Crippen molar-refractivity contribution in [3.05, 3.63) is 71.8 Å². The maximum atomic E-state index is 12.1. The van der Waals surface area contributed by atoms with Gasteiger partial charge in [0.25, 0.3) is 0 Å². The van der Waals surface area contributed by atoms with Crippen LogP contribution in [0.3, 0.4) is 0 Å². The summed E-state index contributed by atoms with van der Waals surface area (Å²) in [6, 6.07) is 22.2. The first-order valence-corrected chi connectivity index (χ1v) is 10.8. The number of hydrogen-bond donors (Lipinski definition) is 2. The molecule has 1 saturated heterocycles. The second-order valence-electron chi connectivity index (χ2n) is 8.34. The van der Waals surface area contributed by atoms with E-state index in [0.29, 0.717) is 6.04 Å². The average molecular weight is 367 g/mol. The lowest BCUT2D eigenvalue weighted by Gasteiger charge is -2.51. The summed E-state index contributed by atoms with van der Waals surface area (Å²) in [6.07, 6.45) is 5.30. The Balaban J connectivity index is 2.05. The van der Waals surface area contributed by atoms with Crippen LogP contribution < -0.4 is 5.32 Å². The molecule has 0 aliphatic carbocycles. The van der Waals surface area contributed by atoms with Crippen molar-refractivity contribution < 1.29 is 10.4 Å². The summed E-state index contributed by atoms with van der Waals surface area (Å²) >= 11 is 0. The van der Waals surface area contributed by atoms with Crippen molar-refractivity contribution in [1.29, 1.82) is 0 Å². The van der Waals surface area contributed by atoms with Crippen LogP contribution in [-0.4, -0.2) is 10.7 Å². The molecule has 2 nitrogen and oxygen atoms in total. The summed E-state index contributed by atoms with van der Waals surface area (Å²) in [6.45, 7) is 6.74. The topological polar surface area (TPSA) is 36.8 Å². The van der Waals surface area contributed by atoms with E-state index in [1.165, 1.54) is 11.1 Å². The van der Waals surface area contributed by atoms with Gasteiger partial charge in [0.1, 0.15) is 12.1 Å². The van der Waals surface area contributed by atoms with Gasteiger partial charge >= 0.3 is 0 Å². The van der Waals surface area contributed by atoms with Gasteiger partial charge in [-0.05, 0) is 12.8 Å². The molecule has 0 unspecified atom stereocenters. The van der Waals surface area contributed by atoms with E-state index >= 15 is 0 Å². The third kappa shape index (κ3) is 4.12. The molecule has 0 spiro atoms. The van der Waals surface area contributed by atoms with E-state index in [0.717, 1.165) is 32.1 Å². The number of piperidine rings is 1. The third-order valence-corrected chi connectivity index (χ3v) is 6.72. The number of hydrogen-bond acceptors (Lipinski definition) is 1. The Morgan fingerprint density at radius 2 is 1.41 bits per heavy atom. The Morgan fingerprint density at radius 1 is 0.852 bits per heavy atom. The van der Waals surface area contributed by atoms with Crippen molar-refractivity contribution >= 4 is 0 Å². The Morgan fingerprint density at radius 3 is 1.93 bits per heavy atom. The normalized spacial score (nSPS) is 31.0. The van der Waals surface area contributed by atoms with Crippen LogP contribution >= 0.6 is 0 Å². The summed E-state index contributed by atoms with van der Waals surface area (Å²) in [5.74, 6) is 0.509. The molecule has 1 fully saturated rings. The molecule has 0 radical (unpaired) electrons. The summed E-state index contributed by atoms with van der Waals surface area (Å²) in [4.78, 5) is 0. The molecule has 0 amide bonds. The van der Waals surface area contributed by atoms with Crippen molar-refractivity contribution in [2.75, 3.05) is 0 Å². The van der Waals surface area contributed by atoms with Crippen LogP contribution in [-0.2, 0) is 0 Å². The molecule has 1 aliphatic rings. The number of nitrogens with two attached hydrogens (primary N) is 1. The van der Waals surface area contributed by atoms with Crippen molar-refractivity contribution in [1.82, 2.24) is 0 Å². The van der Waals surface area contributed by atoms with Gasteiger partial charge in [0.2, 0.25) is 0 Å². The fourth-order valence-electron chi connectivity index (χ4n) is 5.19. The summed E-state index contributed by atoms with van der Waals surface area (Å²) in [5.41, 5.74) is 2.05. The molecular weight excluding hydrogens is 330 g/mol. The molecule has 27 heavy (non-hydrogen) atoms. The van der Waals surface area contributed by atoms with Gasteiger partial charge in [0.05, 0.1) is 5.60 Å². The van der Waals surface area contributed by atoms with Gasteiger partial charge in [-0.1, -0.05) is 101 Å². The van der Waals surface area contributed by atoms with Gasteiger partial charge in [-0.25, -0.2) is 0 Å². The lowest BCUT2D eigenvalue weighted by Crippen LogP contribution is -2.93. The van der Waals surface area contributed by atoms with Crippen LogP contribution in [0, 0.1) is 11.8 Å². The molecule has 2 heteroatoms. The molecule has 1 heterocycles. The monoisotopic (exact) mass is 366 g/mol. The SMILES string of the molecule is CCCC[C@@]1(O)[C@@H](C)[C@H](c2ccccc2)[NH2+][C@H](c2ccccc2)[C@@H]1CCC. The maximum absolute atomic E-state index is 12.1. The molecular formula is C25H36NO+. The highest BCUT2D eigenvalue weighted by molar-refractivity contribution is 5.24. The van der Waals surface area contributed by atoms with Crippen molar-refractivity contribution in [2.45, 2.75) is 70.6 Å². The molecule has 2 aromatic carbocycles. The zero-order chi connectivity index (χ0) is 19.3. The Hall–Kier alpha value is -1.64. The van der Waals surface area contributed by atoms with Crippen LogP contribution in [0.1, 0.15) is 76.1 Å². The highest BCUT2D eigenvalue weighted by Crippen LogP contribution is 2.47. The van der Waals surface area contributed by atoms with Crippen LogP contribution in [0.4, 0.5) is 0 Å². The number of quaternary nitrogens is 1. The van der Waals surface area contributed by atoms with Gasteiger partial charge in [0.15, 0.2) is 0 Å². The standard InChI is InChI=1S/C25H35NO/c1-4-6-18-25(27)19(3)23(20-14-9-7-10-15-20)26-24(22(25)13-5-2)21-16-11-8-12-17-21/h7-12,14-17,19,22-24,26-27H,4-6,13,18H2,1-3H3/p+1/t19-,22-,23+,24+,25+/m0/s1. The minimum absolute atomic E-state index is 0.225. The molecule has 146 valence electrons. The fraction of sp³-hybridized carbons (Fsp3) is 0.520. The highest BCUT2D eigenvalue weighted by Gasteiger charge is 2.54. The van der Waals surface area contributed by atoms with E-state index in [1.807, 2.05) is 0 Å². The molecule has 0 aromatic heterocycles. The highest BCUT2D eigenvalue weighted by atomic mass is 16.3. The minimum Gasteiger partial charge on any atom is -0.389 e. The summed E-state index contributed by atoms with van der Waals surface area (Å²) in [5, 5.41) is 14.6. The molecule has 3 N–H and O–H groups in total. The molecule has 0 saturated carbocycles. The second-order valence-corrected chi connectivity index (χ2v) is 8.34. The molecule has 0 bridgehead atoms. The van der Waals surface area contributed by atoms with Gasteiger partial charge in [-0.3, -0.25) is 0 Å². The van der Waals surface area contributed by atoms with Crippen molar-refractivity contribution in [3.8, 4) is 0 Å². The van der Waals surface area contributed by atoms with E-state index < -0.39 is 5.60 Å². The van der Waals surface area contributed by atoms with E-state index in [1.54, 1.807) is 0 Å². The van der Waals surface area contributed by atoms with Crippen LogP contribution in [0.2, 0.25) is 0 Å². The lowest BCUT2D eigenvalue weighted by atomic mass is 9.62. The first kappa shape index (κ1) is 20.1. The zero-order valence-corrected chi connectivity index (χ0v) is 17.1. The Bertz CT molecular complexity index is 686. The van der Waals surface area contributed by atoms with E-state index in [4.69, 9.17) is 0 Å². The molecule has 5 atom stereocenters. The fourth-order valence-corrected chi connectivity index (χ4v) is 5.19. The lowest BCUT2D eigenvalue weighted by molar-refractivity contribution is -0.765. The first-order valence-electron chi connectivity index (χ1n) is 10.8. The predicted octanol–water partition coefficient (Wildman–Crippen LogP) is 5.02. The number of unbranched alkanes of at least 4 members (excludes halogenated alkanes) is 1. The van der Waals surface area contributed by atoms with Crippen LogP contribution in [0.15, 0.2) is 60.7 Å². The van der Waals surface area contributed by atoms with Gasteiger partial charge < -0.3 is 10.4 Å². The van der Waals surface area contributed by atoms with Crippen LogP contribution in [0.25, 0.3) is 0 Å². The molecule has 2 aromatic rings. The third-order valence-electron chi connectivity index (χ3n) is 6.72. The number of benzene rings is 2. The summed E-state index contributed by atoms with van der Waals surface area (Å²) in [7, 11) is 0. The van der Waals surface area contributed by atoms with Gasteiger partial charge in [-0.15, -0.1) is 0 Å². The van der Waals surface area contributed by atoms with Gasteiger partial charge in [-0.2, -0.15) is 0 Å². The minimum atomic E-state index is -0.623. The zero-order valence-electron chi connectivity index (χ0n) is 17.1. The summed E-state index contributed by atoms with van der Waals surface area (Å²) < 4.78 is 0. The molecule has 3 rings (SSSR count). The van der Waals surface area contributed by atoms with Crippen LogP contribution in [0.5, 0.6) is 0 Å².